The van der Waals surface area contributed by atoms with Crippen LogP contribution in [0.15, 0.2) is 18.2 Å². The fraction of sp³-hybridized carbons (Fsp3) is 0.600. The Morgan fingerprint density at radius 1 is 1.15 bits per heavy atom. The minimum atomic E-state index is -1.32. The van der Waals surface area contributed by atoms with Crippen molar-refractivity contribution in [1.82, 2.24) is 0 Å². The van der Waals surface area contributed by atoms with E-state index in [-0.39, 0.29) is 17.9 Å². The molecule has 0 spiro atoms. The fourth-order valence-electron chi connectivity index (χ4n) is 5.47. The van der Waals surface area contributed by atoms with Crippen LogP contribution in [0.25, 0.3) is 0 Å². The zero-order valence-electron chi connectivity index (χ0n) is 14.8. The molecular formula is C20H23O6-. The lowest BCUT2D eigenvalue weighted by Crippen LogP contribution is -2.58. The highest BCUT2D eigenvalue weighted by atomic mass is 16.6. The molecule has 26 heavy (non-hydrogen) atoms. The molecule has 1 aromatic rings. The van der Waals surface area contributed by atoms with Crippen LogP contribution in [0, 0.1) is 23.7 Å². The average molecular weight is 359 g/mol. The highest BCUT2D eigenvalue weighted by Gasteiger charge is 2.57. The van der Waals surface area contributed by atoms with Crippen LogP contribution in [0.5, 0.6) is 11.5 Å². The minimum Gasteiger partial charge on any atom is -0.872 e. The van der Waals surface area contributed by atoms with Gasteiger partial charge in [-0.2, -0.15) is 0 Å². The van der Waals surface area contributed by atoms with E-state index in [1.54, 1.807) is 0 Å². The number of hydrogen-bond donors (Lipinski definition) is 1. The van der Waals surface area contributed by atoms with Crippen LogP contribution in [0.3, 0.4) is 0 Å². The van der Waals surface area contributed by atoms with Gasteiger partial charge in [-0.15, -0.1) is 0 Å². The van der Waals surface area contributed by atoms with E-state index in [9.17, 15) is 14.7 Å². The van der Waals surface area contributed by atoms with Gasteiger partial charge in [0.1, 0.15) is 11.4 Å². The molecule has 1 aromatic carbocycles. The molecule has 0 amide bonds. The van der Waals surface area contributed by atoms with Crippen LogP contribution in [0.1, 0.15) is 49.4 Å². The predicted octanol–water partition coefficient (Wildman–Crippen LogP) is 2.60. The first-order valence-electron chi connectivity index (χ1n) is 9.24. The van der Waals surface area contributed by atoms with Gasteiger partial charge in [0, 0.05) is 0 Å². The van der Waals surface area contributed by atoms with E-state index in [0.717, 1.165) is 49.7 Å². The zero-order chi connectivity index (χ0) is 18.5. The Balaban J connectivity index is 1.39. The van der Waals surface area contributed by atoms with E-state index in [2.05, 4.69) is 6.92 Å². The van der Waals surface area contributed by atoms with Crippen molar-refractivity contribution in [2.45, 2.75) is 44.6 Å². The third-order valence-corrected chi connectivity index (χ3v) is 6.63. The number of carboxylic acids is 1. The highest BCUT2D eigenvalue weighted by Crippen LogP contribution is 2.59. The lowest BCUT2D eigenvalue weighted by molar-refractivity contribution is -0.268. The summed E-state index contributed by atoms with van der Waals surface area (Å²) in [6.45, 7) is 1.77. The number of rotatable bonds is 5. The van der Waals surface area contributed by atoms with Crippen LogP contribution in [0.4, 0.5) is 0 Å². The van der Waals surface area contributed by atoms with Gasteiger partial charge >= 0.3 is 11.9 Å². The second kappa shape index (κ2) is 6.18. The lowest BCUT2D eigenvalue weighted by Gasteiger charge is -2.59. The van der Waals surface area contributed by atoms with Gasteiger partial charge in [-0.05, 0) is 74.8 Å². The lowest BCUT2D eigenvalue weighted by atomic mass is 9.50. The van der Waals surface area contributed by atoms with Gasteiger partial charge < -0.3 is 19.7 Å². The third-order valence-electron chi connectivity index (χ3n) is 6.63. The van der Waals surface area contributed by atoms with Gasteiger partial charge in [-0.3, -0.25) is 0 Å². The van der Waals surface area contributed by atoms with Crippen molar-refractivity contribution in [3.05, 3.63) is 23.8 Å². The highest BCUT2D eigenvalue weighted by molar-refractivity contribution is 5.91. The van der Waals surface area contributed by atoms with Gasteiger partial charge in [0.2, 0.25) is 0 Å². The van der Waals surface area contributed by atoms with Crippen molar-refractivity contribution in [3.63, 3.8) is 0 Å². The predicted molar refractivity (Wildman–Crippen MR) is 89.9 cm³/mol. The molecule has 0 heterocycles. The summed E-state index contributed by atoms with van der Waals surface area (Å²) in [4.78, 5) is 23.4. The molecule has 0 saturated heterocycles. The summed E-state index contributed by atoms with van der Waals surface area (Å²) in [5, 5.41) is 20.5. The van der Waals surface area contributed by atoms with E-state index in [1.165, 1.54) is 12.5 Å². The Morgan fingerprint density at radius 3 is 2.35 bits per heavy atom. The summed E-state index contributed by atoms with van der Waals surface area (Å²) in [6.07, 6.45) is 5.91. The van der Waals surface area contributed by atoms with E-state index in [0.29, 0.717) is 11.8 Å². The number of ether oxygens (including phenoxy) is 2. The third kappa shape index (κ3) is 2.91. The van der Waals surface area contributed by atoms with Gasteiger partial charge in [-0.25, -0.2) is 9.59 Å². The van der Waals surface area contributed by atoms with Crippen LogP contribution < -0.4 is 9.84 Å². The zero-order valence-corrected chi connectivity index (χ0v) is 14.8. The van der Waals surface area contributed by atoms with Crippen molar-refractivity contribution in [1.29, 1.82) is 0 Å². The molecule has 0 aromatic heterocycles. The summed E-state index contributed by atoms with van der Waals surface area (Å²) in [6, 6.07) is 3.64. The molecule has 6 heteroatoms. The molecule has 1 N–H and O–H groups in total. The fourth-order valence-corrected chi connectivity index (χ4v) is 5.47. The topological polar surface area (TPSA) is 95.9 Å². The number of carbonyl (C=O) groups excluding carboxylic acids is 1. The number of aromatic carboxylic acids is 1. The normalized spacial score (nSPS) is 34.5. The van der Waals surface area contributed by atoms with Crippen molar-refractivity contribution in [2.75, 3.05) is 6.61 Å². The van der Waals surface area contributed by atoms with Gasteiger partial charge in [0.15, 0.2) is 6.61 Å². The largest absolute Gasteiger partial charge is 0.872 e. The SMILES string of the molecule is CC1(OC(=O)COc2ccc([O-])c(C(=O)O)c2)C2CC3CC(C2)CC1C3. The Kier molecular flexibility index (Phi) is 4.09. The van der Waals surface area contributed by atoms with E-state index >= 15 is 0 Å². The number of carboxylic acid groups (broad SMARTS) is 1. The summed E-state index contributed by atoms with van der Waals surface area (Å²) in [7, 11) is 0. The molecule has 4 saturated carbocycles. The first-order chi connectivity index (χ1) is 12.3. The number of hydrogen-bond acceptors (Lipinski definition) is 5. The molecule has 4 aliphatic carbocycles. The van der Waals surface area contributed by atoms with Crippen molar-refractivity contribution in [3.8, 4) is 11.5 Å². The Bertz CT molecular complexity index is 712. The second-order valence-electron chi connectivity index (χ2n) is 8.21. The molecular weight excluding hydrogens is 336 g/mol. The maximum absolute atomic E-state index is 12.4. The van der Waals surface area contributed by atoms with Crippen molar-refractivity contribution < 1.29 is 29.3 Å². The molecule has 4 aliphatic rings. The summed E-state index contributed by atoms with van der Waals surface area (Å²) < 4.78 is 11.3. The van der Waals surface area contributed by atoms with Gasteiger partial charge in [-0.1, -0.05) is 11.8 Å². The molecule has 0 atom stereocenters. The summed E-state index contributed by atoms with van der Waals surface area (Å²) in [5.41, 5.74) is -0.789. The van der Waals surface area contributed by atoms with Crippen LogP contribution in [-0.2, 0) is 9.53 Å². The van der Waals surface area contributed by atoms with E-state index in [1.807, 2.05) is 0 Å². The van der Waals surface area contributed by atoms with Gasteiger partial charge in [0.05, 0.1) is 5.56 Å². The molecule has 4 bridgehead atoms. The smallest absolute Gasteiger partial charge is 0.344 e. The first kappa shape index (κ1) is 17.2. The number of esters is 1. The minimum absolute atomic E-state index is 0.175. The van der Waals surface area contributed by atoms with Crippen LogP contribution in [-0.4, -0.2) is 29.3 Å². The Labute approximate surface area is 152 Å². The summed E-state index contributed by atoms with van der Waals surface area (Å²) >= 11 is 0. The Hall–Kier alpha value is -2.24. The molecule has 140 valence electrons. The molecule has 4 fully saturated rings. The molecule has 0 radical (unpaired) electrons. The molecule has 6 nitrogen and oxygen atoms in total. The van der Waals surface area contributed by atoms with Crippen LogP contribution in [0.2, 0.25) is 0 Å². The second-order valence-corrected chi connectivity index (χ2v) is 8.21. The Morgan fingerprint density at radius 2 is 1.77 bits per heavy atom. The molecule has 0 unspecified atom stereocenters. The van der Waals surface area contributed by atoms with Crippen molar-refractivity contribution >= 4 is 11.9 Å². The first-order valence-corrected chi connectivity index (χ1v) is 9.24. The maximum Gasteiger partial charge on any atom is 0.344 e. The van der Waals surface area contributed by atoms with E-state index < -0.39 is 23.3 Å². The monoisotopic (exact) mass is 359 g/mol. The number of benzene rings is 1. The quantitative estimate of drug-likeness (QED) is 0.812. The van der Waals surface area contributed by atoms with E-state index in [4.69, 9.17) is 14.6 Å². The van der Waals surface area contributed by atoms with Gasteiger partial charge in [0.25, 0.3) is 0 Å². The standard InChI is InChI=1S/C20H24O6/c1-20(13-5-11-4-12(7-13)8-14(20)6-11)26-18(22)10-25-15-2-3-17(21)16(9-15)19(23)24/h2-3,9,11-14,21H,4-8,10H2,1H3,(H,23,24)/p-1. The van der Waals surface area contributed by atoms with Crippen molar-refractivity contribution in [2.24, 2.45) is 23.7 Å². The maximum atomic E-state index is 12.4. The molecule has 0 aliphatic heterocycles. The molecule has 5 rings (SSSR count). The average Bonchev–Trinajstić information content (AvgIpc) is 2.58. The van der Waals surface area contributed by atoms with Crippen LogP contribution >= 0.6 is 0 Å². The summed E-state index contributed by atoms with van der Waals surface area (Å²) in [5.74, 6) is 0.276. The number of carbonyl (C=O) groups is 2.